The minimum absolute atomic E-state index is 0. The van der Waals surface area contributed by atoms with Crippen LogP contribution in [0.25, 0.3) is 22.6 Å². The van der Waals surface area contributed by atoms with E-state index in [0.29, 0.717) is 57.8 Å². The molecule has 1 heterocycles. The predicted molar refractivity (Wildman–Crippen MR) is 426 cm³/mol. The Bertz CT molecular complexity index is 4150. The van der Waals surface area contributed by atoms with Gasteiger partial charge in [0.25, 0.3) is 5.97 Å². The van der Waals surface area contributed by atoms with Crippen LogP contribution in [-0.4, -0.2) is 85.0 Å². The van der Waals surface area contributed by atoms with Crippen molar-refractivity contribution in [2.45, 2.75) is 143 Å². The van der Waals surface area contributed by atoms with Gasteiger partial charge in [0.15, 0.2) is 57.6 Å². The molecule has 0 aliphatic heterocycles. The maximum atomic E-state index is 12.9. The fourth-order valence-electron chi connectivity index (χ4n) is 12.0. The molecule has 3 N–H and O–H groups in total. The van der Waals surface area contributed by atoms with Gasteiger partial charge in [-0.1, -0.05) is 114 Å². The highest BCUT2D eigenvalue weighted by molar-refractivity contribution is 6.05. The average Bonchev–Trinajstić information content (AvgIpc) is 1.63. The second-order valence-electron chi connectivity index (χ2n) is 27.5. The minimum atomic E-state index is -0.833. The summed E-state index contributed by atoms with van der Waals surface area (Å²) < 4.78 is 49.0. The number of carbonyl (C=O) groups is 3. The molecule has 0 saturated heterocycles. The molecule has 104 heavy (non-hydrogen) atoms. The van der Waals surface area contributed by atoms with Gasteiger partial charge in [-0.15, -0.1) is 0 Å². The maximum Gasteiger partial charge on any atom is 0.300 e. The van der Waals surface area contributed by atoms with E-state index in [1.807, 2.05) is 62.4 Å². The van der Waals surface area contributed by atoms with Crippen LogP contribution in [-0.2, 0) is 30.5 Å². The number of carbonyl (C=O) groups excluding carboxylic acids is 2. The fourth-order valence-corrected chi connectivity index (χ4v) is 12.0. The van der Waals surface area contributed by atoms with Gasteiger partial charge in [0.2, 0.25) is 0 Å². The largest absolute Gasteiger partial charge is 0.493 e. The lowest BCUT2D eigenvalue weighted by molar-refractivity contribution is -0.134. The van der Waals surface area contributed by atoms with E-state index in [2.05, 4.69) is 162 Å². The molecular formula is C90H118O14. The van der Waals surface area contributed by atoms with Crippen LogP contribution in [0.5, 0.6) is 46.0 Å². The minimum Gasteiger partial charge on any atom is -0.493 e. The van der Waals surface area contributed by atoms with E-state index in [1.165, 1.54) is 62.7 Å². The Morgan fingerprint density at radius 3 is 0.923 bits per heavy atom. The predicted octanol–water partition coefficient (Wildman–Crippen LogP) is 20.8. The van der Waals surface area contributed by atoms with Crippen molar-refractivity contribution in [2.24, 2.45) is 35.5 Å². The molecule has 0 amide bonds. The molecule has 0 fully saturated rings. The SMILES string of the molecule is CC(=O)O.COc1ccc(-c2oc(-c3ccc(C)c(C)c3)c(C)c2C)cc1OC.COc1ccc(C(=O)C(C)C(C)C(=O)c2ccc(C)c(C)c2)cc1OC.COc1ccc(C[C@@H](C)[C@@H](C)Cc2ccc(C)c(C)c2)cc1OC.COc1ccc(C[C@@H](C)[C@H](C)Cc2ccc(C)c(C)c2)cc1OC.O.[HH]. The van der Waals surface area contributed by atoms with Gasteiger partial charge in [-0.05, 0) is 269 Å². The molecule has 2 unspecified atom stereocenters. The van der Waals surface area contributed by atoms with E-state index in [0.717, 1.165) is 101 Å². The van der Waals surface area contributed by atoms with Gasteiger partial charge < -0.3 is 52.9 Å². The van der Waals surface area contributed by atoms with E-state index in [9.17, 15) is 9.59 Å². The first kappa shape index (κ1) is 86.6. The summed E-state index contributed by atoms with van der Waals surface area (Å²) in [5.74, 6) is 8.11. The molecule has 14 heteroatoms. The van der Waals surface area contributed by atoms with Crippen LogP contribution >= 0.6 is 0 Å². The number of methoxy groups -OCH3 is 8. The molecule has 8 aromatic carbocycles. The Kier molecular flexibility index (Phi) is 34.6. The lowest BCUT2D eigenvalue weighted by Crippen LogP contribution is -2.26. The molecule has 0 aliphatic carbocycles. The summed E-state index contributed by atoms with van der Waals surface area (Å²) in [4.78, 5) is 34.7. The second kappa shape index (κ2) is 41.5. The van der Waals surface area contributed by atoms with Gasteiger partial charge in [0.1, 0.15) is 11.5 Å². The lowest BCUT2D eigenvalue weighted by Gasteiger charge is -2.21. The van der Waals surface area contributed by atoms with Crippen molar-refractivity contribution in [3.05, 3.63) is 235 Å². The van der Waals surface area contributed by atoms with Gasteiger partial charge in [0, 0.05) is 42.4 Å². The number of hydrogen-bond acceptors (Lipinski definition) is 12. The number of Topliss-reactive ketones (excluding diaryl/α,β-unsaturated/α-hetero) is 2. The summed E-state index contributed by atoms with van der Waals surface area (Å²) in [6.45, 7) is 35.2. The zero-order chi connectivity index (χ0) is 76.5. The van der Waals surface area contributed by atoms with Crippen molar-refractivity contribution in [3.8, 4) is 68.6 Å². The quantitative estimate of drug-likeness (QED) is 0.0533. The molecule has 1 aromatic heterocycles. The highest BCUT2D eigenvalue weighted by Gasteiger charge is 2.29. The Labute approximate surface area is 622 Å². The maximum absolute atomic E-state index is 12.9. The molecule has 0 radical (unpaired) electrons. The van der Waals surface area contributed by atoms with E-state index in [-0.39, 0.29) is 18.5 Å². The third-order valence-corrected chi connectivity index (χ3v) is 20.1. The van der Waals surface area contributed by atoms with E-state index < -0.39 is 17.8 Å². The Morgan fingerprint density at radius 1 is 0.327 bits per heavy atom. The standard InChI is InChI=1S/C22H26O4.C22H24O3.2C22H30O2.C2H4O2.H2O.H2/c1-13-7-8-17(11-14(13)2)21(23)15(3)16(4)22(24)18-9-10-19(25-5)20(12-18)26-6;1-13-7-8-17(11-14(13)2)21-15(3)16(4)22(25-21)18-9-10-19(23-5)20(12-18)24-6;2*1-15-7-8-19(11-16(15)2)12-17(3)18(4)13-20-9-10-21(23-5)22(14-20)24-6;1-2(3)4;;/h7-12,15-16H,1-6H3;7-12H,1-6H3;2*7-11,14,17-18H,12-13H2,1-6H3;1H3,(H,3,4);1H2;1H/t;;17-,18+;17-,18-;;;/m..01.../s1. The molecule has 9 aromatic rings. The van der Waals surface area contributed by atoms with Crippen molar-refractivity contribution in [1.82, 2.24) is 0 Å². The first-order chi connectivity index (χ1) is 48.9. The van der Waals surface area contributed by atoms with Crippen molar-refractivity contribution in [3.63, 3.8) is 0 Å². The van der Waals surface area contributed by atoms with E-state index in [1.54, 1.807) is 81.8 Å². The third kappa shape index (κ3) is 24.2. The van der Waals surface area contributed by atoms with Gasteiger partial charge in [-0.25, -0.2) is 0 Å². The molecule has 0 bridgehead atoms. The van der Waals surface area contributed by atoms with E-state index >= 15 is 0 Å². The zero-order valence-corrected chi connectivity index (χ0v) is 66.5. The topological polar surface area (TPSA) is 190 Å². The highest BCUT2D eigenvalue weighted by Crippen LogP contribution is 2.41. The molecule has 562 valence electrons. The van der Waals surface area contributed by atoms with Gasteiger partial charge >= 0.3 is 0 Å². The third-order valence-electron chi connectivity index (χ3n) is 20.1. The summed E-state index contributed by atoms with van der Waals surface area (Å²) >= 11 is 0. The Morgan fingerprint density at radius 2 is 0.577 bits per heavy atom. The highest BCUT2D eigenvalue weighted by atomic mass is 16.5. The van der Waals surface area contributed by atoms with Crippen LogP contribution in [0.15, 0.2) is 150 Å². The number of benzene rings is 8. The molecule has 0 saturated carbocycles. The normalized spacial score (nSPS) is 12.3. The first-order valence-electron chi connectivity index (χ1n) is 35.4. The Hall–Kier alpha value is -9.79. The number of ether oxygens (including phenoxy) is 8. The lowest BCUT2D eigenvalue weighted by atomic mass is 9.83. The number of rotatable bonds is 25. The summed E-state index contributed by atoms with van der Waals surface area (Å²) in [5.41, 5.74) is 21.3. The number of aryl methyl sites for hydroxylation is 8. The average molecular weight is 1420 g/mol. The molecule has 6 atom stereocenters. The fraction of sp³-hybridized carbons (Fsp3) is 0.389. The van der Waals surface area contributed by atoms with Crippen LogP contribution in [0.4, 0.5) is 0 Å². The zero-order valence-electron chi connectivity index (χ0n) is 66.5. The molecule has 14 nitrogen and oxygen atoms in total. The number of ketones is 2. The smallest absolute Gasteiger partial charge is 0.300 e. The van der Waals surface area contributed by atoms with Crippen molar-refractivity contribution in [1.29, 1.82) is 0 Å². The van der Waals surface area contributed by atoms with Crippen LogP contribution in [0, 0.1) is 105 Å². The number of hydrogen-bond donors (Lipinski definition) is 1. The monoisotopic (exact) mass is 1420 g/mol. The van der Waals surface area contributed by atoms with Gasteiger partial charge in [-0.3, -0.25) is 14.4 Å². The van der Waals surface area contributed by atoms with Crippen LogP contribution in [0.3, 0.4) is 0 Å². The molecular weight excluding hydrogens is 1300 g/mol. The molecule has 9 rings (SSSR count). The van der Waals surface area contributed by atoms with Gasteiger partial charge in [-0.2, -0.15) is 0 Å². The summed E-state index contributed by atoms with van der Waals surface area (Å²) in [5, 5.41) is 7.42. The number of furan rings is 1. The van der Waals surface area contributed by atoms with Crippen LogP contribution < -0.4 is 37.9 Å². The number of carboxylic acids is 1. The summed E-state index contributed by atoms with van der Waals surface area (Å²) in [6.07, 6.45) is 4.34. The van der Waals surface area contributed by atoms with Crippen molar-refractivity contribution >= 4 is 17.5 Å². The second-order valence-corrected chi connectivity index (χ2v) is 27.5. The summed E-state index contributed by atoms with van der Waals surface area (Å²) in [6, 6.07) is 49.1. The van der Waals surface area contributed by atoms with E-state index in [4.69, 9.17) is 52.2 Å². The van der Waals surface area contributed by atoms with Crippen LogP contribution in [0.2, 0.25) is 0 Å². The molecule has 0 spiro atoms. The van der Waals surface area contributed by atoms with Crippen molar-refractivity contribution < 1.29 is 68.7 Å². The summed E-state index contributed by atoms with van der Waals surface area (Å²) in [7, 11) is 13.1. The number of aliphatic carboxylic acids is 1. The van der Waals surface area contributed by atoms with Crippen LogP contribution in [0.1, 0.15) is 148 Å². The number of carboxylic acid groups (broad SMARTS) is 1. The first-order valence-corrected chi connectivity index (χ1v) is 35.4. The van der Waals surface area contributed by atoms with Gasteiger partial charge in [0.05, 0.1) is 56.9 Å². The van der Waals surface area contributed by atoms with Crippen molar-refractivity contribution in [2.75, 3.05) is 56.9 Å². The Balaban J connectivity index is 0.000000355. The molecule has 0 aliphatic rings.